The number of aliphatic imine (C=N–C) groups is 1. The zero-order valence-corrected chi connectivity index (χ0v) is 20.6. The first-order valence-corrected chi connectivity index (χ1v) is 11.9. The highest BCUT2D eigenvalue weighted by molar-refractivity contribution is 14.0. The second-order valence-corrected chi connectivity index (χ2v) is 9.95. The van der Waals surface area contributed by atoms with Crippen LogP contribution in [0.5, 0.6) is 0 Å². The van der Waals surface area contributed by atoms with Crippen LogP contribution in [0, 0.1) is 6.92 Å². The van der Waals surface area contributed by atoms with E-state index in [2.05, 4.69) is 15.6 Å². The number of guanidine groups is 1. The molecular formula is C17H31IN4O4S2. The molecule has 0 aromatic carbocycles. The number of sulfonamides is 1. The van der Waals surface area contributed by atoms with Gasteiger partial charge in [0.15, 0.2) is 5.96 Å². The highest BCUT2D eigenvalue weighted by Gasteiger charge is 2.27. The Labute approximate surface area is 189 Å². The number of halogens is 1. The van der Waals surface area contributed by atoms with Crippen LogP contribution in [0.25, 0.3) is 0 Å². The van der Waals surface area contributed by atoms with E-state index in [9.17, 15) is 13.5 Å². The molecule has 1 saturated heterocycles. The van der Waals surface area contributed by atoms with Crippen molar-refractivity contribution < 1.29 is 17.9 Å². The van der Waals surface area contributed by atoms with Crippen molar-refractivity contribution in [2.24, 2.45) is 4.99 Å². The number of aryl methyl sites for hydroxylation is 1. The molecular weight excluding hydrogens is 515 g/mol. The van der Waals surface area contributed by atoms with Crippen LogP contribution < -0.4 is 10.6 Å². The first-order valence-electron chi connectivity index (χ1n) is 9.11. The smallest absolute Gasteiger partial charge is 0.215 e. The Bertz CT molecular complexity index is 731. The summed E-state index contributed by atoms with van der Waals surface area (Å²) >= 11 is 1.78. The predicted octanol–water partition coefficient (Wildman–Crippen LogP) is 1.35. The van der Waals surface area contributed by atoms with Gasteiger partial charge in [0.25, 0.3) is 0 Å². The van der Waals surface area contributed by atoms with E-state index >= 15 is 0 Å². The van der Waals surface area contributed by atoms with E-state index in [0.717, 1.165) is 17.3 Å². The van der Waals surface area contributed by atoms with Crippen molar-refractivity contribution in [3.8, 4) is 0 Å². The van der Waals surface area contributed by atoms with Gasteiger partial charge in [-0.2, -0.15) is 11.8 Å². The van der Waals surface area contributed by atoms with Crippen molar-refractivity contribution >= 4 is 51.7 Å². The number of rotatable bonds is 8. The van der Waals surface area contributed by atoms with Gasteiger partial charge >= 0.3 is 0 Å². The molecule has 162 valence electrons. The molecule has 1 aliphatic heterocycles. The molecule has 0 aliphatic carbocycles. The molecule has 1 aliphatic rings. The van der Waals surface area contributed by atoms with E-state index in [1.807, 2.05) is 13.8 Å². The van der Waals surface area contributed by atoms with Crippen LogP contribution >= 0.6 is 35.7 Å². The molecule has 0 spiro atoms. The van der Waals surface area contributed by atoms with Gasteiger partial charge in [-0.1, -0.05) is 0 Å². The number of thioether (sulfide) groups is 1. The van der Waals surface area contributed by atoms with Crippen molar-refractivity contribution in [3.63, 3.8) is 0 Å². The van der Waals surface area contributed by atoms with Crippen LogP contribution in [-0.4, -0.2) is 73.8 Å². The molecule has 1 aromatic heterocycles. The van der Waals surface area contributed by atoms with Crippen molar-refractivity contribution in [2.45, 2.75) is 26.4 Å². The maximum absolute atomic E-state index is 12.4. The summed E-state index contributed by atoms with van der Waals surface area (Å²) in [5.41, 5.74) is -1.24. The summed E-state index contributed by atoms with van der Waals surface area (Å²) in [5.74, 6) is 3.34. The van der Waals surface area contributed by atoms with E-state index < -0.39 is 15.6 Å². The van der Waals surface area contributed by atoms with Gasteiger partial charge in [0.05, 0.1) is 12.3 Å². The van der Waals surface area contributed by atoms with E-state index in [0.29, 0.717) is 31.4 Å². The second-order valence-electron chi connectivity index (χ2n) is 6.63. The lowest BCUT2D eigenvalue weighted by molar-refractivity contribution is 0.0428. The first-order chi connectivity index (χ1) is 12.7. The molecule has 1 unspecified atom stereocenters. The summed E-state index contributed by atoms with van der Waals surface area (Å²) in [7, 11) is -3.27. The molecule has 0 amide bonds. The average Bonchev–Trinajstić information content (AvgIpc) is 3.08. The van der Waals surface area contributed by atoms with Gasteiger partial charge < -0.3 is 20.2 Å². The standard InChI is InChI=1S/C17H30N4O4S2.HI/c1-4-18-16(20-13-17(3,22)15-6-5-14(2)25-15)19-7-12-27(23,24)21-8-10-26-11-9-21;/h5-6,22H,4,7-13H2,1-3H3,(H2,18,19,20);1H. The first kappa shape index (κ1) is 25.5. The number of nitrogens with zero attached hydrogens (tertiary/aromatic N) is 2. The van der Waals surface area contributed by atoms with E-state index in [-0.39, 0.29) is 42.8 Å². The number of nitrogens with one attached hydrogen (secondary N) is 2. The Hall–Kier alpha value is -0.500. The van der Waals surface area contributed by atoms with Crippen LogP contribution in [0.1, 0.15) is 25.4 Å². The zero-order valence-electron chi connectivity index (χ0n) is 16.6. The van der Waals surface area contributed by atoms with Gasteiger partial charge in [-0.3, -0.25) is 0 Å². The predicted molar refractivity (Wildman–Crippen MR) is 125 cm³/mol. The fourth-order valence-electron chi connectivity index (χ4n) is 2.63. The van der Waals surface area contributed by atoms with Gasteiger partial charge in [-0.15, -0.1) is 24.0 Å². The Morgan fingerprint density at radius 2 is 2.04 bits per heavy atom. The van der Waals surface area contributed by atoms with Crippen molar-refractivity contribution in [2.75, 3.05) is 50.0 Å². The van der Waals surface area contributed by atoms with Gasteiger partial charge in [0.2, 0.25) is 10.0 Å². The normalized spacial score (nSPS) is 18.2. The van der Waals surface area contributed by atoms with Crippen LogP contribution in [0.4, 0.5) is 0 Å². The number of hydrogen-bond donors (Lipinski definition) is 3. The molecule has 2 heterocycles. The number of hydrogen-bond acceptors (Lipinski definition) is 6. The molecule has 28 heavy (non-hydrogen) atoms. The summed E-state index contributed by atoms with van der Waals surface area (Å²) in [5, 5.41) is 16.7. The highest BCUT2D eigenvalue weighted by Crippen LogP contribution is 2.23. The fraction of sp³-hybridized carbons (Fsp3) is 0.706. The molecule has 1 aromatic rings. The van der Waals surface area contributed by atoms with Gasteiger partial charge in [-0.25, -0.2) is 17.7 Å². The van der Waals surface area contributed by atoms with Crippen LogP contribution in [-0.2, 0) is 15.6 Å². The monoisotopic (exact) mass is 546 g/mol. The lowest BCUT2D eigenvalue weighted by Crippen LogP contribution is -2.44. The van der Waals surface area contributed by atoms with Crippen LogP contribution in [0.3, 0.4) is 0 Å². The quantitative estimate of drug-likeness (QED) is 0.257. The van der Waals surface area contributed by atoms with Crippen molar-refractivity contribution in [3.05, 3.63) is 23.7 Å². The highest BCUT2D eigenvalue weighted by atomic mass is 127. The van der Waals surface area contributed by atoms with Crippen LogP contribution in [0.2, 0.25) is 0 Å². The summed E-state index contributed by atoms with van der Waals surface area (Å²) in [6, 6.07) is 3.52. The molecule has 1 atom stereocenters. The third-order valence-electron chi connectivity index (χ3n) is 4.18. The average molecular weight is 546 g/mol. The molecule has 2 rings (SSSR count). The fourth-order valence-corrected chi connectivity index (χ4v) is 5.12. The van der Waals surface area contributed by atoms with Gasteiger partial charge in [-0.05, 0) is 32.9 Å². The number of furan rings is 1. The topological polar surface area (TPSA) is 107 Å². The number of aliphatic hydroxyl groups is 1. The minimum absolute atomic E-state index is 0. The van der Waals surface area contributed by atoms with Crippen LogP contribution in [0.15, 0.2) is 21.5 Å². The van der Waals surface area contributed by atoms with E-state index in [4.69, 9.17) is 4.42 Å². The Balaban J connectivity index is 0.00000392. The molecule has 0 bridgehead atoms. The van der Waals surface area contributed by atoms with Gasteiger partial charge in [0.1, 0.15) is 17.1 Å². The Kier molecular flexibility index (Phi) is 10.6. The van der Waals surface area contributed by atoms with E-state index in [1.165, 1.54) is 0 Å². The van der Waals surface area contributed by atoms with E-state index in [1.54, 1.807) is 35.1 Å². The minimum atomic E-state index is -3.27. The molecule has 11 heteroatoms. The summed E-state index contributed by atoms with van der Waals surface area (Å²) in [6.07, 6.45) is 0. The lowest BCUT2D eigenvalue weighted by atomic mass is 10.0. The Morgan fingerprint density at radius 3 is 2.61 bits per heavy atom. The largest absolute Gasteiger partial charge is 0.463 e. The van der Waals surface area contributed by atoms with Gasteiger partial charge in [0, 0.05) is 37.7 Å². The maximum Gasteiger partial charge on any atom is 0.215 e. The Morgan fingerprint density at radius 1 is 1.36 bits per heavy atom. The minimum Gasteiger partial charge on any atom is -0.463 e. The molecule has 3 N–H and O–H groups in total. The molecule has 0 radical (unpaired) electrons. The zero-order chi connectivity index (χ0) is 19.9. The maximum atomic E-state index is 12.4. The SMILES string of the molecule is CCNC(=NCC(C)(O)c1ccc(C)o1)NCCS(=O)(=O)N1CCSCC1.I. The van der Waals surface area contributed by atoms with Crippen molar-refractivity contribution in [1.29, 1.82) is 0 Å². The second kappa shape index (κ2) is 11.6. The third kappa shape index (κ3) is 7.73. The summed E-state index contributed by atoms with van der Waals surface area (Å²) < 4.78 is 31.8. The summed E-state index contributed by atoms with van der Waals surface area (Å²) in [4.78, 5) is 4.38. The molecule has 8 nitrogen and oxygen atoms in total. The molecule has 0 saturated carbocycles. The third-order valence-corrected chi connectivity index (χ3v) is 6.99. The molecule has 1 fully saturated rings. The van der Waals surface area contributed by atoms with Crippen molar-refractivity contribution in [1.82, 2.24) is 14.9 Å². The lowest BCUT2D eigenvalue weighted by Gasteiger charge is -2.25. The summed E-state index contributed by atoms with van der Waals surface area (Å²) in [6.45, 7) is 7.49.